The molecule has 4 heteroatoms. The zero-order valence-electron chi connectivity index (χ0n) is 9.92. The topological polar surface area (TPSA) is 44.5 Å². The Balaban J connectivity index is 3.13. The number of ether oxygens (including phenoxy) is 2. The summed E-state index contributed by atoms with van der Waals surface area (Å²) in [7, 11) is 3.27. The minimum absolute atomic E-state index is 0.402. The average molecular weight is 288 g/mol. The van der Waals surface area contributed by atoms with Gasteiger partial charge in [-0.25, -0.2) is 0 Å². The summed E-state index contributed by atoms with van der Waals surface area (Å²) in [6, 6.07) is 3.97. The molecule has 0 radical (unpaired) electrons. The van der Waals surface area contributed by atoms with Crippen molar-refractivity contribution in [2.24, 2.45) is 5.73 Å². The number of benzene rings is 1. The van der Waals surface area contributed by atoms with Crippen LogP contribution in [0.3, 0.4) is 0 Å². The summed E-state index contributed by atoms with van der Waals surface area (Å²) in [5.74, 6) is 1.88. The standard InChI is InChI=1S/C12H18BrNO2/c1-8(6-7-14)9-4-5-10(15-2)12(16-3)11(9)13/h4-5,8H,6-7,14H2,1-3H3. The van der Waals surface area contributed by atoms with Gasteiger partial charge in [0.1, 0.15) is 0 Å². The van der Waals surface area contributed by atoms with Crippen molar-refractivity contribution < 1.29 is 9.47 Å². The van der Waals surface area contributed by atoms with Crippen molar-refractivity contribution >= 4 is 15.9 Å². The van der Waals surface area contributed by atoms with E-state index in [4.69, 9.17) is 15.2 Å². The summed E-state index contributed by atoms with van der Waals surface area (Å²) >= 11 is 3.56. The molecule has 0 spiro atoms. The molecule has 0 aliphatic heterocycles. The Morgan fingerprint density at radius 2 is 2.00 bits per heavy atom. The second-order valence-electron chi connectivity index (χ2n) is 3.68. The zero-order chi connectivity index (χ0) is 12.1. The summed E-state index contributed by atoms with van der Waals surface area (Å²) < 4.78 is 11.5. The molecule has 0 aromatic heterocycles. The number of methoxy groups -OCH3 is 2. The second kappa shape index (κ2) is 6.11. The smallest absolute Gasteiger partial charge is 0.175 e. The van der Waals surface area contributed by atoms with Gasteiger partial charge in [-0.15, -0.1) is 0 Å². The van der Waals surface area contributed by atoms with E-state index in [-0.39, 0.29) is 0 Å². The third kappa shape index (κ3) is 2.68. The average Bonchev–Trinajstić information content (AvgIpc) is 2.28. The monoisotopic (exact) mass is 287 g/mol. The van der Waals surface area contributed by atoms with E-state index in [2.05, 4.69) is 22.9 Å². The maximum atomic E-state index is 5.57. The Bertz CT molecular complexity index is 355. The van der Waals surface area contributed by atoms with Crippen molar-refractivity contribution in [1.29, 1.82) is 0 Å². The van der Waals surface area contributed by atoms with Gasteiger partial charge in [-0.3, -0.25) is 0 Å². The van der Waals surface area contributed by atoms with Gasteiger partial charge in [0.25, 0.3) is 0 Å². The second-order valence-corrected chi connectivity index (χ2v) is 4.48. The summed E-state index contributed by atoms with van der Waals surface area (Å²) in [6.07, 6.45) is 0.952. The number of rotatable bonds is 5. The van der Waals surface area contributed by atoms with Crippen molar-refractivity contribution in [1.82, 2.24) is 0 Å². The Labute approximate surface area is 105 Å². The van der Waals surface area contributed by atoms with Crippen molar-refractivity contribution in [3.05, 3.63) is 22.2 Å². The van der Waals surface area contributed by atoms with Crippen LogP contribution in [0.5, 0.6) is 11.5 Å². The zero-order valence-corrected chi connectivity index (χ0v) is 11.5. The fourth-order valence-electron chi connectivity index (χ4n) is 1.69. The molecule has 0 bridgehead atoms. The Kier molecular flexibility index (Phi) is 5.09. The fraction of sp³-hybridized carbons (Fsp3) is 0.500. The van der Waals surface area contributed by atoms with Crippen LogP contribution in [-0.2, 0) is 0 Å². The van der Waals surface area contributed by atoms with Crippen LogP contribution in [0.25, 0.3) is 0 Å². The Morgan fingerprint density at radius 3 is 2.50 bits per heavy atom. The molecular weight excluding hydrogens is 270 g/mol. The first-order valence-electron chi connectivity index (χ1n) is 5.26. The molecule has 1 atom stereocenters. The summed E-state index contributed by atoms with van der Waals surface area (Å²) in [5.41, 5.74) is 6.77. The highest BCUT2D eigenvalue weighted by Gasteiger charge is 2.16. The predicted molar refractivity (Wildman–Crippen MR) is 69.3 cm³/mol. The molecule has 0 heterocycles. The lowest BCUT2D eigenvalue weighted by Crippen LogP contribution is -2.06. The van der Waals surface area contributed by atoms with Crippen LogP contribution in [0.2, 0.25) is 0 Å². The molecule has 1 aromatic carbocycles. The van der Waals surface area contributed by atoms with Gasteiger partial charge in [-0.1, -0.05) is 13.0 Å². The van der Waals surface area contributed by atoms with Gasteiger partial charge < -0.3 is 15.2 Å². The van der Waals surface area contributed by atoms with E-state index in [1.165, 1.54) is 5.56 Å². The van der Waals surface area contributed by atoms with Gasteiger partial charge in [0.15, 0.2) is 11.5 Å². The largest absolute Gasteiger partial charge is 0.493 e. The van der Waals surface area contributed by atoms with Crippen LogP contribution in [0.1, 0.15) is 24.8 Å². The quantitative estimate of drug-likeness (QED) is 0.906. The predicted octanol–water partition coefficient (Wildman–Crippen LogP) is 2.92. The normalized spacial score (nSPS) is 12.3. The lowest BCUT2D eigenvalue weighted by molar-refractivity contribution is 0.352. The van der Waals surface area contributed by atoms with E-state index in [1.807, 2.05) is 12.1 Å². The van der Waals surface area contributed by atoms with E-state index in [0.29, 0.717) is 12.5 Å². The molecule has 16 heavy (non-hydrogen) atoms. The lowest BCUT2D eigenvalue weighted by atomic mass is 9.97. The highest BCUT2D eigenvalue weighted by molar-refractivity contribution is 9.10. The number of hydrogen-bond acceptors (Lipinski definition) is 3. The first-order chi connectivity index (χ1) is 7.65. The molecule has 0 fully saturated rings. The number of halogens is 1. The number of nitrogens with two attached hydrogens (primary N) is 1. The third-order valence-electron chi connectivity index (χ3n) is 2.65. The van der Waals surface area contributed by atoms with Gasteiger partial charge in [0.2, 0.25) is 0 Å². The van der Waals surface area contributed by atoms with E-state index >= 15 is 0 Å². The van der Waals surface area contributed by atoms with Gasteiger partial charge in [0.05, 0.1) is 18.7 Å². The van der Waals surface area contributed by atoms with Crippen molar-refractivity contribution in [2.75, 3.05) is 20.8 Å². The van der Waals surface area contributed by atoms with Crippen LogP contribution >= 0.6 is 15.9 Å². The summed E-state index contributed by atoms with van der Waals surface area (Å²) in [5, 5.41) is 0. The molecule has 0 aliphatic rings. The SMILES string of the molecule is COc1ccc(C(C)CCN)c(Br)c1OC. The molecule has 2 N–H and O–H groups in total. The molecular formula is C12H18BrNO2. The van der Waals surface area contributed by atoms with Crippen molar-refractivity contribution in [3.63, 3.8) is 0 Å². The maximum absolute atomic E-state index is 5.57. The fourth-order valence-corrected chi connectivity index (χ4v) is 2.57. The molecule has 0 saturated carbocycles. The summed E-state index contributed by atoms with van der Waals surface area (Å²) in [6.45, 7) is 2.83. The molecule has 1 rings (SSSR count). The minimum atomic E-state index is 0.402. The Hall–Kier alpha value is -0.740. The van der Waals surface area contributed by atoms with Gasteiger partial charge in [-0.05, 0) is 46.4 Å². The molecule has 90 valence electrons. The van der Waals surface area contributed by atoms with E-state index in [1.54, 1.807) is 14.2 Å². The van der Waals surface area contributed by atoms with Crippen LogP contribution in [0.15, 0.2) is 16.6 Å². The lowest BCUT2D eigenvalue weighted by Gasteiger charge is -2.17. The van der Waals surface area contributed by atoms with Gasteiger partial charge in [-0.2, -0.15) is 0 Å². The minimum Gasteiger partial charge on any atom is -0.493 e. The van der Waals surface area contributed by atoms with Crippen LogP contribution in [-0.4, -0.2) is 20.8 Å². The van der Waals surface area contributed by atoms with E-state index < -0.39 is 0 Å². The maximum Gasteiger partial charge on any atom is 0.175 e. The highest BCUT2D eigenvalue weighted by Crippen LogP contribution is 2.40. The Morgan fingerprint density at radius 1 is 1.31 bits per heavy atom. The molecule has 1 unspecified atom stereocenters. The molecule has 1 aromatic rings. The van der Waals surface area contributed by atoms with Gasteiger partial charge in [0, 0.05) is 0 Å². The molecule has 0 saturated heterocycles. The number of hydrogen-bond donors (Lipinski definition) is 1. The van der Waals surface area contributed by atoms with E-state index in [0.717, 1.165) is 22.4 Å². The van der Waals surface area contributed by atoms with Crippen LogP contribution in [0, 0.1) is 0 Å². The molecule has 0 aliphatic carbocycles. The first-order valence-corrected chi connectivity index (χ1v) is 6.05. The third-order valence-corrected chi connectivity index (χ3v) is 3.46. The molecule has 0 amide bonds. The summed E-state index contributed by atoms with van der Waals surface area (Å²) in [4.78, 5) is 0. The van der Waals surface area contributed by atoms with Gasteiger partial charge >= 0.3 is 0 Å². The van der Waals surface area contributed by atoms with Crippen molar-refractivity contribution in [2.45, 2.75) is 19.3 Å². The van der Waals surface area contributed by atoms with Crippen LogP contribution in [0.4, 0.5) is 0 Å². The molecule has 3 nitrogen and oxygen atoms in total. The first kappa shape index (κ1) is 13.3. The van der Waals surface area contributed by atoms with E-state index in [9.17, 15) is 0 Å². The van der Waals surface area contributed by atoms with Crippen LogP contribution < -0.4 is 15.2 Å². The highest BCUT2D eigenvalue weighted by atomic mass is 79.9. The van der Waals surface area contributed by atoms with Crippen molar-refractivity contribution in [3.8, 4) is 11.5 Å².